The van der Waals surface area contributed by atoms with Gasteiger partial charge in [0, 0.05) is 10.0 Å². The van der Waals surface area contributed by atoms with E-state index in [1.807, 2.05) is 24.3 Å². The van der Waals surface area contributed by atoms with Gasteiger partial charge in [-0.25, -0.2) is 19.9 Å². The van der Waals surface area contributed by atoms with Crippen molar-refractivity contribution in [2.75, 3.05) is 0 Å². The molecule has 18 heavy (non-hydrogen) atoms. The van der Waals surface area contributed by atoms with Crippen LogP contribution in [0, 0.1) is 0 Å². The molecule has 1 aromatic carbocycles. The van der Waals surface area contributed by atoms with Gasteiger partial charge in [0.15, 0.2) is 10.8 Å². The Morgan fingerprint density at radius 3 is 2.83 bits per heavy atom. The monoisotopic (exact) mass is 320 g/mol. The van der Waals surface area contributed by atoms with Crippen LogP contribution in [0.15, 0.2) is 41.3 Å². The molecule has 0 fully saturated rings. The van der Waals surface area contributed by atoms with Crippen LogP contribution in [0.3, 0.4) is 0 Å². The van der Waals surface area contributed by atoms with Crippen molar-refractivity contribution in [2.45, 2.75) is 0 Å². The lowest BCUT2D eigenvalue weighted by molar-refractivity contribution is 1.15. The molecule has 0 aliphatic carbocycles. The van der Waals surface area contributed by atoms with Gasteiger partial charge in [-0.3, -0.25) is 0 Å². The summed E-state index contributed by atoms with van der Waals surface area (Å²) in [7, 11) is 0. The normalized spacial score (nSPS) is 10.8. The molecular weight excluding hydrogens is 316 g/mol. The highest BCUT2D eigenvalue weighted by Gasteiger charge is 2.07. The van der Waals surface area contributed by atoms with E-state index in [-0.39, 0.29) is 0 Å². The predicted octanol–water partition coefficient (Wildman–Crippen LogP) is 3.50. The maximum Gasteiger partial charge on any atom is 0.183 e. The van der Waals surface area contributed by atoms with Crippen LogP contribution in [-0.4, -0.2) is 19.9 Å². The van der Waals surface area contributed by atoms with E-state index in [0.29, 0.717) is 16.3 Å². The quantitative estimate of drug-likeness (QED) is 0.644. The van der Waals surface area contributed by atoms with Gasteiger partial charge >= 0.3 is 0 Å². The van der Waals surface area contributed by atoms with Crippen molar-refractivity contribution in [3.63, 3.8) is 0 Å². The SMILES string of the molecule is Clc1ncnc2nc(-c3cccc(Br)c3)cnc12. The summed E-state index contributed by atoms with van der Waals surface area (Å²) in [5, 5.41) is 0.313. The number of halogens is 2. The summed E-state index contributed by atoms with van der Waals surface area (Å²) in [6.45, 7) is 0. The molecule has 0 aliphatic heterocycles. The number of hydrogen-bond acceptors (Lipinski definition) is 4. The molecule has 0 bridgehead atoms. The van der Waals surface area contributed by atoms with E-state index < -0.39 is 0 Å². The fraction of sp³-hybridized carbons (Fsp3) is 0. The van der Waals surface area contributed by atoms with Crippen molar-refractivity contribution in [2.24, 2.45) is 0 Å². The third-order valence-electron chi connectivity index (χ3n) is 2.42. The van der Waals surface area contributed by atoms with Crippen LogP contribution in [0.4, 0.5) is 0 Å². The molecule has 0 atom stereocenters. The molecular formula is C12H6BrClN4. The Kier molecular flexibility index (Phi) is 2.93. The van der Waals surface area contributed by atoms with Gasteiger partial charge < -0.3 is 0 Å². The lowest BCUT2D eigenvalue weighted by Crippen LogP contribution is -1.93. The Morgan fingerprint density at radius 2 is 2.00 bits per heavy atom. The maximum absolute atomic E-state index is 5.92. The van der Waals surface area contributed by atoms with Gasteiger partial charge in [0.05, 0.1) is 11.9 Å². The van der Waals surface area contributed by atoms with Gasteiger partial charge in [0.1, 0.15) is 11.8 Å². The van der Waals surface area contributed by atoms with E-state index in [9.17, 15) is 0 Å². The Bertz CT molecular complexity index is 732. The molecule has 0 amide bonds. The molecule has 0 N–H and O–H groups in total. The third-order valence-corrected chi connectivity index (χ3v) is 3.19. The van der Waals surface area contributed by atoms with Crippen molar-refractivity contribution in [3.8, 4) is 11.3 Å². The molecule has 0 saturated heterocycles. The average Bonchev–Trinajstić information content (AvgIpc) is 2.39. The van der Waals surface area contributed by atoms with Crippen molar-refractivity contribution in [1.82, 2.24) is 19.9 Å². The summed E-state index contributed by atoms with van der Waals surface area (Å²) in [5.74, 6) is 0. The molecule has 0 unspecified atom stereocenters. The zero-order valence-electron chi connectivity index (χ0n) is 9.01. The Labute approximate surface area is 116 Å². The number of rotatable bonds is 1. The first-order valence-electron chi connectivity index (χ1n) is 5.13. The predicted molar refractivity (Wildman–Crippen MR) is 73.3 cm³/mol. The van der Waals surface area contributed by atoms with Crippen molar-refractivity contribution in [1.29, 1.82) is 0 Å². The fourth-order valence-corrected chi connectivity index (χ4v) is 2.17. The minimum atomic E-state index is 0.313. The average molecular weight is 322 g/mol. The smallest absolute Gasteiger partial charge is 0.183 e. The molecule has 2 aromatic heterocycles. The second-order valence-corrected chi connectivity index (χ2v) is 4.88. The van der Waals surface area contributed by atoms with Crippen LogP contribution in [0.25, 0.3) is 22.4 Å². The highest BCUT2D eigenvalue weighted by molar-refractivity contribution is 9.10. The van der Waals surface area contributed by atoms with Gasteiger partial charge in [0.25, 0.3) is 0 Å². The largest absolute Gasteiger partial charge is 0.247 e. The lowest BCUT2D eigenvalue weighted by Gasteiger charge is -2.03. The summed E-state index contributed by atoms with van der Waals surface area (Å²) in [5.41, 5.74) is 2.72. The molecule has 4 nitrogen and oxygen atoms in total. The number of hydrogen-bond donors (Lipinski definition) is 0. The van der Waals surface area contributed by atoms with Gasteiger partial charge in [-0.05, 0) is 12.1 Å². The van der Waals surface area contributed by atoms with Gasteiger partial charge in [-0.2, -0.15) is 0 Å². The highest BCUT2D eigenvalue weighted by atomic mass is 79.9. The van der Waals surface area contributed by atoms with E-state index in [4.69, 9.17) is 11.6 Å². The Balaban J connectivity index is 2.20. The standard InChI is InChI=1S/C12H6BrClN4/c13-8-3-1-2-7(4-8)9-5-15-10-11(14)16-6-17-12(10)18-9/h1-6H. The highest BCUT2D eigenvalue weighted by Crippen LogP contribution is 2.23. The summed E-state index contributed by atoms with van der Waals surface area (Å²) in [6, 6.07) is 7.83. The van der Waals surface area contributed by atoms with Crippen molar-refractivity contribution in [3.05, 3.63) is 46.4 Å². The maximum atomic E-state index is 5.92. The van der Waals surface area contributed by atoms with Crippen molar-refractivity contribution >= 4 is 38.7 Å². The molecule has 3 aromatic rings. The minimum Gasteiger partial charge on any atom is -0.247 e. The summed E-state index contributed by atoms with van der Waals surface area (Å²) >= 11 is 9.35. The molecule has 88 valence electrons. The number of nitrogens with zero attached hydrogens (tertiary/aromatic N) is 4. The molecule has 0 saturated carbocycles. The molecule has 2 heterocycles. The third kappa shape index (κ3) is 2.07. The first-order chi connectivity index (χ1) is 8.74. The fourth-order valence-electron chi connectivity index (χ4n) is 1.60. The van der Waals surface area contributed by atoms with Crippen LogP contribution < -0.4 is 0 Å². The second-order valence-electron chi connectivity index (χ2n) is 3.60. The van der Waals surface area contributed by atoms with E-state index in [1.54, 1.807) is 6.20 Å². The molecule has 0 aliphatic rings. The second kappa shape index (κ2) is 4.59. The molecule has 0 radical (unpaired) electrons. The lowest BCUT2D eigenvalue weighted by atomic mass is 10.2. The van der Waals surface area contributed by atoms with Crippen LogP contribution in [0.5, 0.6) is 0 Å². The van der Waals surface area contributed by atoms with E-state index >= 15 is 0 Å². The van der Waals surface area contributed by atoms with Crippen LogP contribution in [0.1, 0.15) is 0 Å². The zero-order valence-corrected chi connectivity index (χ0v) is 11.4. The minimum absolute atomic E-state index is 0.313. The Morgan fingerprint density at radius 1 is 1.11 bits per heavy atom. The number of benzene rings is 1. The summed E-state index contributed by atoms with van der Waals surface area (Å²) in [6.07, 6.45) is 3.05. The van der Waals surface area contributed by atoms with Crippen LogP contribution >= 0.6 is 27.5 Å². The summed E-state index contributed by atoms with van der Waals surface area (Å²) in [4.78, 5) is 16.6. The van der Waals surface area contributed by atoms with Crippen LogP contribution in [-0.2, 0) is 0 Å². The van der Waals surface area contributed by atoms with E-state index in [0.717, 1.165) is 15.7 Å². The first kappa shape index (κ1) is 11.5. The van der Waals surface area contributed by atoms with Crippen LogP contribution in [0.2, 0.25) is 5.15 Å². The number of aromatic nitrogens is 4. The Hall–Kier alpha value is -1.59. The molecule has 0 spiro atoms. The van der Waals surface area contributed by atoms with E-state index in [2.05, 4.69) is 35.9 Å². The summed E-state index contributed by atoms with van der Waals surface area (Å²) < 4.78 is 0.989. The van der Waals surface area contributed by atoms with E-state index in [1.165, 1.54) is 6.33 Å². The topological polar surface area (TPSA) is 51.6 Å². The van der Waals surface area contributed by atoms with Gasteiger partial charge in [-0.1, -0.05) is 39.7 Å². The van der Waals surface area contributed by atoms with Gasteiger partial charge in [0.2, 0.25) is 0 Å². The zero-order chi connectivity index (χ0) is 12.5. The molecule has 6 heteroatoms. The van der Waals surface area contributed by atoms with Gasteiger partial charge in [-0.15, -0.1) is 0 Å². The number of fused-ring (bicyclic) bond motifs is 1. The molecule has 3 rings (SSSR count). The first-order valence-corrected chi connectivity index (χ1v) is 6.30. The van der Waals surface area contributed by atoms with Crippen molar-refractivity contribution < 1.29 is 0 Å².